The van der Waals surface area contributed by atoms with Crippen molar-refractivity contribution in [2.45, 2.75) is 0 Å². The average Bonchev–Trinajstić information content (AvgIpc) is 2.61. The van der Waals surface area contributed by atoms with Gasteiger partial charge in [-0.15, -0.1) is 0 Å². The Kier molecular flexibility index (Phi) is 6.84. The van der Waals surface area contributed by atoms with Crippen molar-refractivity contribution in [2.24, 2.45) is 0 Å². The Bertz CT molecular complexity index is 760. The molecule has 26 heavy (non-hydrogen) atoms. The molecule has 4 nitrogen and oxygen atoms in total. The summed E-state index contributed by atoms with van der Waals surface area (Å²) in [5.41, 5.74) is 0. The first-order chi connectivity index (χ1) is 12.3. The average molecular weight is 436 g/mol. The minimum Gasteiger partial charge on any atom is -0.492 e. The Morgan fingerprint density at radius 2 is 1.62 bits per heavy atom. The second-order valence-electron chi connectivity index (χ2n) is 5.20. The van der Waals surface area contributed by atoms with Crippen LogP contribution in [0.15, 0.2) is 34.8 Å². The van der Waals surface area contributed by atoms with Crippen molar-refractivity contribution in [1.29, 1.82) is 0 Å². The van der Waals surface area contributed by atoms with Gasteiger partial charge >= 0.3 is 0 Å². The van der Waals surface area contributed by atoms with Crippen molar-refractivity contribution in [3.63, 3.8) is 0 Å². The Morgan fingerprint density at radius 3 is 2.19 bits per heavy atom. The smallest absolute Gasteiger partial charge is 0.260 e. The molecule has 0 bridgehead atoms. The minimum absolute atomic E-state index is 0.0605. The largest absolute Gasteiger partial charge is 0.492 e. The third kappa shape index (κ3) is 5.10. The number of carbonyl (C=O) groups excluding carboxylic acids is 1. The van der Waals surface area contributed by atoms with E-state index in [1.807, 2.05) is 0 Å². The SMILES string of the molecule is CN(CCOc1ccc(Br)cc1)C(=O)COc1c(F)c(F)cc(F)c1F. The zero-order chi connectivity index (χ0) is 19.3. The van der Waals surface area contributed by atoms with Crippen molar-refractivity contribution in [1.82, 2.24) is 4.90 Å². The van der Waals surface area contributed by atoms with E-state index in [1.165, 1.54) is 11.9 Å². The van der Waals surface area contributed by atoms with Gasteiger partial charge in [-0.3, -0.25) is 4.79 Å². The highest BCUT2D eigenvalue weighted by Crippen LogP contribution is 2.26. The lowest BCUT2D eigenvalue weighted by atomic mass is 10.3. The van der Waals surface area contributed by atoms with Gasteiger partial charge in [-0.25, -0.2) is 8.78 Å². The highest BCUT2D eigenvalue weighted by molar-refractivity contribution is 9.10. The monoisotopic (exact) mass is 435 g/mol. The summed E-state index contributed by atoms with van der Waals surface area (Å²) in [6, 6.07) is 7.11. The van der Waals surface area contributed by atoms with Gasteiger partial charge in [-0.2, -0.15) is 8.78 Å². The van der Waals surface area contributed by atoms with E-state index < -0.39 is 41.5 Å². The molecule has 0 saturated carbocycles. The molecule has 0 aliphatic rings. The maximum Gasteiger partial charge on any atom is 0.260 e. The van der Waals surface area contributed by atoms with Crippen molar-refractivity contribution < 1.29 is 31.8 Å². The molecule has 0 aliphatic carbocycles. The van der Waals surface area contributed by atoms with Gasteiger partial charge in [0.2, 0.25) is 11.6 Å². The first kappa shape index (κ1) is 20.0. The summed E-state index contributed by atoms with van der Waals surface area (Å²) in [5, 5.41) is 0. The zero-order valence-corrected chi connectivity index (χ0v) is 15.2. The number of rotatable bonds is 7. The van der Waals surface area contributed by atoms with Crippen LogP contribution in [0.2, 0.25) is 0 Å². The molecule has 0 aliphatic heterocycles. The molecule has 0 unspecified atom stereocenters. The van der Waals surface area contributed by atoms with Crippen LogP contribution in [-0.2, 0) is 4.79 Å². The number of halogens is 5. The summed E-state index contributed by atoms with van der Waals surface area (Å²) < 4.78 is 64.0. The number of hydrogen-bond donors (Lipinski definition) is 0. The maximum absolute atomic E-state index is 13.5. The van der Waals surface area contributed by atoms with E-state index in [0.29, 0.717) is 5.75 Å². The minimum atomic E-state index is -1.70. The second kappa shape index (κ2) is 8.88. The van der Waals surface area contributed by atoms with E-state index >= 15 is 0 Å². The van der Waals surface area contributed by atoms with Gasteiger partial charge in [0, 0.05) is 17.6 Å². The molecular weight excluding hydrogens is 422 g/mol. The summed E-state index contributed by atoms with van der Waals surface area (Å²) in [7, 11) is 1.43. The number of amides is 1. The van der Waals surface area contributed by atoms with Crippen molar-refractivity contribution in [3.8, 4) is 11.5 Å². The Labute approximate surface area is 155 Å². The van der Waals surface area contributed by atoms with Crippen LogP contribution in [0.25, 0.3) is 0 Å². The number of likely N-dealkylation sites (N-methyl/N-ethyl adjacent to an activating group) is 1. The lowest BCUT2D eigenvalue weighted by Gasteiger charge is -2.18. The number of ether oxygens (including phenoxy) is 2. The summed E-state index contributed by atoms with van der Waals surface area (Å²) in [6.45, 7) is -0.451. The molecule has 0 saturated heterocycles. The molecule has 0 heterocycles. The summed E-state index contributed by atoms with van der Waals surface area (Å²) >= 11 is 3.29. The van der Waals surface area contributed by atoms with Crippen LogP contribution in [0, 0.1) is 23.3 Å². The van der Waals surface area contributed by atoms with Gasteiger partial charge in [0.1, 0.15) is 12.4 Å². The van der Waals surface area contributed by atoms with Crippen LogP contribution in [0.3, 0.4) is 0 Å². The fraction of sp³-hybridized carbons (Fsp3) is 0.235. The second-order valence-corrected chi connectivity index (χ2v) is 6.12. The van der Waals surface area contributed by atoms with Gasteiger partial charge < -0.3 is 14.4 Å². The van der Waals surface area contributed by atoms with E-state index in [4.69, 9.17) is 4.74 Å². The molecule has 0 fully saturated rings. The van der Waals surface area contributed by atoms with Gasteiger partial charge in [0.05, 0.1) is 6.54 Å². The standard InChI is InChI=1S/C17H14BrF4NO3/c1-23(6-7-25-11-4-2-10(18)3-5-11)14(24)9-26-17-15(21)12(19)8-13(20)16(17)22/h2-5,8H,6-7,9H2,1H3. The zero-order valence-electron chi connectivity index (χ0n) is 13.6. The third-order valence-corrected chi connectivity index (χ3v) is 3.87. The van der Waals surface area contributed by atoms with Gasteiger partial charge in [0.15, 0.2) is 24.0 Å². The van der Waals surface area contributed by atoms with Crippen LogP contribution in [0.5, 0.6) is 11.5 Å². The fourth-order valence-electron chi connectivity index (χ4n) is 1.88. The first-order valence-electron chi connectivity index (χ1n) is 7.37. The lowest BCUT2D eigenvalue weighted by molar-refractivity contribution is -0.132. The number of carbonyl (C=O) groups is 1. The normalized spacial score (nSPS) is 10.5. The quantitative estimate of drug-likeness (QED) is 0.488. The molecule has 2 aromatic carbocycles. The fourth-order valence-corrected chi connectivity index (χ4v) is 2.14. The molecule has 9 heteroatoms. The van der Waals surface area contributed by atoms with Crippen molar-refractivity contribution in [2.75, 3.05) is 26.8 Å². The van der Waals surface area contributed by atoms with Crippen molar-refractivity contribution in [3.05, 3.63) is 58.1 Å². The van der Waals surface area contributed by atoms with E-state index in [0.717, 1.165) is 4.47 Å². The van der Waals surface area contributed by atoms with E-state index in [2.05, 4.69) is 20.7 Å². The molecule has 2 rings (SSSR count). The topological polar surface area (TPSA) is 38.8 Å². The van der Waals surface area contributed by atoms with Crippen LogP contribution in [-0.4, -0.2) is 37.6 Å². The molecule has 0 aromatic heterocycles. The summed E-state index contributed by atoms with van der Waals surface area (Å²) in [4.78, 5) is 13.1. The van der Waals surface area contributed by atoms with Gasteiger partial charge in [0.25, 0.3) is 5.91 Å². The maximum atomic E-state index is 13.5. The summed E-state index contributed by atoms with van der Waals surface area (Å²) in [5.74, 6) is -7.92. The van der Waals surface area contributed by atoms with E-state index in [-0.39, 0.29) is 19.2 Å². The molecule has 140 valence electrons. The Balaban J connectivity index is 1.85. The van der Waals surface area contributed by atoms with Crippen LogP contribution >= 0.6 is 15.9 Å². The van der Waals surface area contributed by atoms with E-state index in [1.54, 1.807) is 24.3 Å². The highest BCUT2D eigenvalue weighted by atomic mass is 79.9. The number of benzene rings is 2. The molecule has 1 amide bonds. The molecule has 2 aromatic rings. The molecular formula is C17H14BrF4NO3. The lowest BCUT2D eigenvalue weighted by Crippen LogP contribution is -2.34. The molecule has 0 spiro atoms. The van der Waals surface area contributed by atoms with Gasteiger partial charge in [-0.05, 0) is 24.3 Å². The van der Waals surface area contributed by atoms with Crippen LogP contribution in [0.4, 0.5) is 17.6 Å². The van der Waals surface area contributed by atoms with Gasteiger partial charge in [-0.1, -0.05) is 15.9 Å². The highest BCUT2D eigenvalue weighted by Gasteiger charge is 2.22. The molecule has 0 N–H and O–H groups in total. The summed E-state index contributed by atoms with van der Waals surface area (Å²) in [6.07, 6.45) is 0. The Morgan fingerprint density at radius 1 is 1.04 bits per heavy atom. The third-order valence-electron chi connectivity index (χ3n) is 3.35. The number of hydrogen-bond acceptors (Lipinski definition) is 3. The van der Waals surface area contributed by atoms with Crippen molar-refractivity contribution >= 4 is 21.8 Å². The van der Waals surface area contributed by atoms with Crippen LogP contribution < -0.4 is 9.47 Å². The van der Waals surface area contributed by atoms with E-state index in [9.17, 15) is 22.4 Å². The Hall–Kier alpha value is -2.29. The predicted octanol–water partition coefficient (Wildman–Crippen LogP) is 3.92. The molecule has 0 atom stereocenters. The van der Waals surface area contributed by atoms with Crippen LogP contribution in [0.1, 0.15) is 0 Å². The molecule has 0 radical (unpaired) electrons. The first-order valence-corrected chi connectivity index (χ1v) is 8.17. The number of nitrogens with zero attached hydrogens (tertiary/aromatic N) is 1. The predicted molar refractivity (Wildman–Crippen MR) is 89.0 cm³/mol.